The van der Waals surface area contributed by atoms with E-state index in [4.69, 9.17) is 0 Å². The van der Waals surface area contributed by atoms with E-state index in [0.29, 0.717) is 0 Å². The van der Waals surface area contributed by atoms with Gasteiger partial charge in [-0.3, -0.25) is 0 Å². The molecule has 0 spiro atoms. The molecule has 0 heterocycles. The zero-order chi connectivity index (χ0) is 38.7. The van der Waals surface area contributed by atoms with Crippen LogP contribution in [-0.2, 0) is 10.8 Å². The zero-order valence-electron chi connectivity index (χ0n) is 32.6. The van der Waals surface area contributed by atoms with Crippen molar-refractivity contribution in [2.24, 2.45) is 0 Å². The van der Waals surface area contributed by atoms with E-state index >= 15 is 0 Å². The fourth-order valence-electron chi connectivity index (χ4n) is 10.5. The Hall–Kier alpha value is -6.96. The number of benzene rings is 8. The van der Waals surface area contributed by atoms with Gasteiger partial charge < -0.3 is 4.90 Å². The van der Waals surface area contributed by atoms with Gasteiger partial charge in [0.05, 0.1) is 11.5 Å². The Bertz CT molecular complexity index is 2830. The minimum atomic E-state index is -0.482. The predicted octanol–water partition coefficient (Wildman–Crippen LogP) is 13.9. The molecule has 8 aromatic carbocycles. The van der Waals surface area contributed by atoms with E-state index in [2.05, 4.69) is 236 Å². The molecule has 0 bridgehead atoms. The standard InChI is InChI=1S/C57H43N/c1-56(42-21-8-3-9-22-42)50-29-16-14-27-47(50)48-38-37-46(39-53(48)56)58(45-35-33-41(34-36-45)40-19-6-2-7-20-40)54-32-18-31-52-55(54)49-28-15-17-30-51(49)57(52,43-23-10-4-11-24-43)44-25-12-5-13-26-44/h2-35,37-39,45H,36H2,1H3. The average molecular weight is 742 g/mol. The second-order valence-corrected chi connectivity index (χ2v) is 16.1. The van der Waals surface area contributed by atoms with Crippen LogP contribution >= 0.6 is 0 Å². The summed E-state index contributed by atoms with van der Waals surface area (Å²) in [7, 11) is 0. The van der Waals surface area contributed by atoms with Gasteiger partial charge in [0.2, 0.25) is 0 Å². The van der Waals surface area contributed by atoms with Crippen LogP contribution < -0.4 is 4.90 Å². The summed E-state index contributed by atoms with van der Waals surface area (Å²) in [6, 6.07) is 76.6. The van der Waals surface area contributed by atoms with Crippen molar-refractivity contribution >= 4 is 16.9 Å². The normalized spacial score (nSPS) is 18.1. The smallest absolute Gasteiger partial charge is 0.0714 e. The first-order chi connectivity index (χ1) is 28.7. The van der Waals surface area contributed by atoms with Gasteiger partial charge in [-0.2, -0.15) is 0 Å². The second kappa shape index (κ2) is 13.6. The van der Waals surface area contributed by atoms with Gasteiger partial charge in [-0.25, -0.2) is 0 Å². The molecule has 0 aliphatic heterocycles. The highest BCUT2D eigenvalue weighted by molar-refractivity contribution is 5.96. The van der Waals surface area contributed by atoms with Crippen molar-refractivity contribution in [3.8, 4) is 22.3 Å². The van der Waals surface area contributed by atoms with Crippen molar-refractivity contribution in [1.29, 1.82) is 0 Å². The molecule has 0 amide bonds. The maximum atomic E-state index is 2.64. The minimum absolute atomic E-state index is 0.0828. The molecule has 0 radical (unpaired) electrons. The number of fused-ring (bicyclic) bond motifs is 6. The van der Waals surface area contributed by atoms with Gasteiger partial charge in [0.25, 0.3) is 0 Å². The van der Waals surface area contributed by atoms with E-state index in [1.165, 1.54) is 83.7 Å². The number of hydrogen-bond donors (Lipinski definition) is 0. The summed E-state index contributed by atoms with van der Waals surface area (Å²) in [5.74, 6) is 0. The zero-order valence-corrected chi connectivity index (χ0v) is 32.6. The first-order valence-corrected chi connectivity index (χ1v) is 20.5. The fourth-order valence-corrected chi connectivity index (χ4v) is 10.5. The highest BCUT2D eigenvalue weighted by Gasteiger charge is 2.48. The van der Waals surface area contributed by atoms with Crippen LogP contribution in [0.15, 0.2) is 224 Å². The monoisotopic (exact) mass is 741 g/mol. The summed E-state index contributed by atoms with van der Waals surface area (Å²) in [6.45, 7) is 2.42. The quantitative estimate of drug-likeness (QED) is 0.157. The molecule has 11 rings (SSSR count). The molecule has 8 aromatic rings. The Morgan fingerprint density at radius 2 is 1.02 bits per heavy atom. The lowest BCUT2D eigenvalue weighted by molar-refractivity contribution is 0.712. The predicted molar refractivity (Wildman–Crippen MR) is 242 cm³/mol. The highest BCUT2D eigenvalue weighted by atomic mass is 15.2. The first-order valence-electron chi connectivity index (χ1n) is 20.5. The average Bonchev–Trinajstić information content (AvgIpc) is 3.76. The molecule has 2 atom stereocenters. The van der Waals surface area contributed by atoms with E-state index < -0.39 is 5.41 Å². The minimum Gasteiger partial charge on any atom is -0.334 e. The SMILES string of the molecule is CC1(c2ccccc2)c2ccccc2-c2ccc(N(c3cccc4c3-c3ccccc3C4(c3ccccc3)c3ccccc3)C3C=CC(c4ccccc4)=CC3)cc21. The van der Waals surface area contributed by atoms with Crippen molar-refractivity contribution < 1.29 is 0 Å². The van der Waals surface area contributed by atoms with Crippen molar-refractivity contribution in [2.75, 3.05) is 4.90 Å². The van der Waals surface area contributed by atoms with E-state index in [9.17, 15) is 0 Å². The molecule has 3 aliphatic carbocycles. The summed E-state index contributed by atoms with van der Waals surface area (Å²) < 4.78 is 0. The number of anilines is 2. The molecule has 58 heavy (non-hydrogen) atoms. The van der Waals surface area contributed by atoms with Crippen LogP contribution in [0.2, 0.25) is 0 Å². The van der Waals surface area contributed by atoms with Crippen LogP contribution in [0.5, 0.6) is 0 Å². The second-order valence-electron chi connectivity index (χ2n) is 16.1. The van der Waals surface area contributed by atoms with E-state index in [1.54, 1.807) is 0 Å². The maximum absolute atomic E-state index is 2.64. The summed E-state index contributed by atoms with van der Waals surface area (Å²) in [4.78, 5) is 2.64. The largest absolute Gasteiger partial charge is 0.334 e. The molecule has 276 valence electrons. The number of rotatable bonds is 7. The Balaban J connectivity index is 1.16. The van der Waals surface area contributed by atoms with Gasteiger partial charge in [-0.05, 0) is 98.3 Å². The molecule has 0 fully saturated rings. The Morgan fingerprint density at radius 1 is 0.466 bits per heavy atom. The molecule has 2 unspecified atom stereocenters. The number of hydrogen-bond acceptors (Lipinski definition) is 1. The summed E-state index contributed by atoms with van der Waals surface area (Å²) in [5, 5.41) is 0. The lowest BCUT2D eigenvalue weighted by atomic mass is 9.68. The lowest BCUT2D eigenvalue weighted by Crippen LogP contribution is -2.32. The van der Waals surface area contributed by atoms with Crippen molar-refractivity contribution in [3.05, 3.63) is 269 Å². The van der Waals surface area contributed by atoms with Gasteiger partial charge in [0.15, 0.2) is 0 Å². The maximum Gasteiger partial charge on any atom is 0.0714 e. The molecule has 1 heteroatoms. The van der Waals surface area contributed by atoms with Crippen molar-refractivity contribution in [3.63, 3.8) is 0 Å². The Morgan fingerprint density at radius 3 is 1.67 bits per heavy atom. The van der Waals surface area contributed by atoms with Crippen LogP contribution in [0.25, 0.3) is 27.8 Å². The summed E-state index contributed by atoms with van der Waals surface area (Å²) >= 11 is 0. The molecule has 3 aliphatic rings. The molecule has 0 saturated heterocycles. The fraction of sp³-hybridized carbons (Fsp3) is 0.0877. The van der Waals surface area contributed by atoms with Crippen LogP contribution in [-0.4, -0.2) is 6.04 Å². The van der Waals surface area contributed by atoms with Gasteiger partial charge in [-0.1, -0.05) is 206 Å². The van der Waals surface area contributed by atoms with Crippen molar-refractivity contribution in [1.82, 2.24) is 0 Å². The van der Waals surface area contributed by atoms with Crippen LogP contribution in [0.1, 0.15) is 57.9 Å². The lowest BCUT2D eigenvalue weighted by Gasteiger charge is -2.37. The van der Waals surface area contributed by atoms with Gasteiger partial charge in [0.1, 0.15) is 0 Å². The van der Waals surface area contributed by atoms with Crippen LogP contribution in [0.4, 0.5) is 11.4 Å². The Kier molecular flexibility index (Phi) is 8.05. The topological polar surface area (TPSA) is 3.24 Å². The number of allylic oxidation sites excluding steroid dienone is 2. The van der Waals surface area contributed by atoms with Crippen LogP contribution in [0.3, 0.4) is 0 Å². The van der Waals surface area contributed by atoms with Crippen LogP contribution in [0, 0.1) is 0 Å². The molecular formula is C57H43N. The highest BCUT2D eigenvalue weighted by Crippen LogP contribution is 2.60. The van der Waals surface area contributed by atoms with E-state index in [1.807, 2.05) is 0 Å². The first kappa shape index (κ1) is 34.3. The van der Waals surface area contributed by atoms with E-state index in [-0.39, 0.29) is 11.5 Å². The third-order valence-corrected chi connectivity index (χ3v) is 13.2. The third kappa shape index (κ3) is 5.03. The van der Waals surface area contributed by atoms with Gasteiger partial charge in [-0.15, -0.1) is 0 Å². The molecule has 0 N–H and O–H groups in total. The third-order valence-electron chi connectivity index (χ3n) is 13.2. The van der Waals surface area contributed by atoms with Crippen molar-refractivity contribution in [2.45, 2.75) is 30.2 Å². The molecule has 0 saturated carbocycles. The summed E-state index contributed by atoms with van der Waals surface area (Å²) in [5.41, 5.74) is 18.6. The number of nitrogens with zero attached hydrogens (tertiary/aromatic N) is 1. The Labute approximate surface area is 341 Å². The molecular weight excluding hydrogens is 699 g/mol. The van der Waals surface area contributed by atoms with Gasteiger partial charge >= 0.3 is 0 Å². The molecule has 1 nitrogen and oxygen atoms in total. The van der Waals surface area contributed by atoms with E-state index in [0.717, 1.165) is 6.42 Å². The van der Waals surface area contributed by atoms with Gasteiger partial charge in [0, 0.05) is 22.4 Å². The molecule has 0 aromatic heterocycles. The summed E-state index contributed by atoms with van der Waals surface area (Å²) in [6.07, 6.45) is 8.08.